The Morgan fingerprint density at radius 2 is 2.14 bits per heavy atom. The molecule has 0 unspecified atom stereocenters. The quantitative estimate of drug-likeness (QED) is 0.551. The number of amides is 1. The van der Waals surface area contributed by atoms with E-state index in [1.807, 2.05) is 37.3 Å². The maximum Gasteiger partial charge on any atom is 0.261 e. The number of aryl methyl sites for hydroxylation is 1. The molecule has 6 nitrogen and oxygen atoms in total. The van der Waals surface area contributed by atoms with Gasteiger partial charge in [-0.2, -0.15) is 0 Å². The summed E-state index contributed by atoms with van der Waals surface area (Å²) >= 11 is 3.16. The third-order valence-electron chi connectivity index (χ3n) is 4.77. The van der Waals surface area contributed by atoms with E-state index in [-0.39, 0.29) is 12.0 Å². The van der Waals surface area contributed by atoms with E-state index in [0.29, 0.717) is 18.0 Å². The molecule has 3 heterocycles. The van der Waals surface area contributed by atoms with Gasteiger partial charge in [-0.1, -0.05) is 42.1 Å². The summed E-state index contributed by atoms with van der Waals surface area (Å²) in [6.07, 6.45) is 2.51. The monoisotopic (exact) mass is 428 g/mol. The second kappa shape index (κ2) is 9.56. The van der Waals surface area contributed by atoms with Crippen molar-refractivity contribution in [1.29, 1.82) is 0 Å². The van der Waals surface area contributed by atoms with Crippen LogP contribution in [-0.2, 0) is 17.8 Å². The summed E-state index contributed by atoms with van der Waals surface area (Å²) in [7, 11) is 0. The van der Waals surface area contributed by atoms with Crippen molar-refractivity contribution in [3.63, 3.8) is 0 Å². The number of hydrogen-bond acceptors (Lipinski definition) is 6. The van der Waals surface area contributed by atoms with Gasteiger partial charge in [0.25, 0.3) is 5.91 Å². The zero-order valence-electron chi connectivity index (χ0n) is 16.3. The fraction of sp³-hybridized carbons (Fsp3) is 0.381. The summed E-state index contributed by atoms with van der Waals surface area (Å²) in [4.78, 5) is 14.3. The average Bonchev–Trinajstić information content (AvgIpc) is 3.48. The van der Waals surface area contributed by atoms with Crippen LogP contribution in [0.2, 0.25) is 0 Å². The Bertz CT molecular complexity index is 949. The van der Waals surface area contributed by atoms with Crippen LogP contribution in [-0.4, -0.2) is 39.1 Å². The number of nitrogens with zero attached hydrogens (tertiary/aromatic N) is 3. The van der Waals surface area contributed by atoms with Gasteiger partial charge in [0.05, 0.1) is 24.1 Å². The van der Waals surface area contributed by atoms with Gasteiger partial charge in [0, 0.05) is 17.2 Å². The van der Waals surface area contributed by atoms with Crippen molar-refractivity contribution in [3.05, 3.63) is 63.6 Å². The molecule has 1 saturated heterocycles. The average molecular weight is 429 g/mol. The summed E-state index contributed by atoms with van der Waals surface area (Å²) in [5.74, 6) is 1.55. The van der Waals surface area contributed by atoms with Crippen LogP contribution in [0.1, 0.15) is 38.8 Å². The second-order valence-electron chi connectivity index (χ2n) is 7.01. The van der Waals surface area contributed by atoms with Crippen molar-refractivity contribution in [2.24, 2.45) is 0 Å². The van der Waals surface area contributed by atoms with Gasteiger partial charge in [-0.3, -0.25) is 4.79 Å². The first kappa shape index (κ1) is 20.1. The highest BCUT2D eigenvalue weighted by Gasteiger charge is 2.19. The molecule has 0 saturated carbocycles. The van der Waals surface area contributed by atoms with E-state index in [0.717, 1.165) is 41.1 Å². The molecule has 0 radical (unpaired) electrons. The predicted molar refractivity (Wildman–Crippen MR) is 115 cm³/mol. The molecular formula is C21H24N4O2S2. The molecule has 0 spiro atoms. The number of hydrogen-bond donors (Lipinski definition) is 1. The van der Waals surface area contributed by atoms with Crippen molar-refractivity contribution in [1.82, 2.24) is 20.1 Å². The van der Waals surface area contributed by atoms with Crippen molar-refractivity contribution >= 4 is 29.0 Å². The van der Waals surface area contributed by atoms with Gasteiger partial charge in [0.1, 0.15) is 0 Å². The first-order chi connectivity index (χ1) is 14.2. The van der Waals surface area contributed by atoms with Gasteiger partial charge in [-0.25, -0.2) is 0 Å². The molecule has 29 heavy (non-hydrogen) atoms. The SMILES string of the molecule is Cc1ccc(C(=O)NCc2nnc(SC[C@H]3CCCO3)n2Cc2ccccc2)s1. The molecule has 152 valence electrons. The molecule has 2 aromatic heterocycles. The summed E-state index contributed by atoms with van der Waals surface area (Å²) in [6.45, 7) is 3.86. The minimum absolute atomic E-state index is 0.0779. The fourth-order valence-electron chi connectivity index (χ4n) is 3.23. The van der Waals surface area contributed by atoms with Gasteiger partial charge in [-0.05, 0) is 37.5 Å². The molecule has 0 bridgehead atoms. The molecule has 1 aliphatic rings. The number of nitrogens with one attached hydrogen (secondary N) is 1. The van der Waals surface area contributed by atoms with Crippen molar-refractivity contribution < 1.29 is 9.53 Å². The second-order valence-corrected chi connectivity index (χ2v) is 9.28. The summed E-state index contributed by atoms with van der Waals surface area (Å²) in [5, 5.41) is 12.6. The van der Waals surface area contributed by atoms with E-state index in [1.54, 1.807) is 11.8 Å². The molecule has 1 aromatic carbocycles. The maximum atomic E-state index is 12.4. The van der Waals surface area contributed by atoms with Gasteiger partial charge in [0.2, 0.25) is 0 Å². The minimum Gasteiger partial charge on any atom is -0.377 e. The van der Waals surface area contributed by atoms with Crippen LogP contribution in [0.15, 0.2) is 47.6 Å². The molecule has 1 atom stereocenters. The highest BCUT2D eigenvalue weighted by Crippen LogP contribution is 2.24. The van der Waals surface area contributed by atoms with Crippen LogP contribution in [0, 0.1) is 6.92 Å². The summed E-state index contributed by atoms with van der Waals surface area (Å²) in [5.41, 5.74) is 1.17. The van der Waals surface area contributed by atoms with Gasteiger partial charge < -0.3 is 14.6 Å². The van der Waals surface area contributed by atoms with Crippen molar-refractivity contribution in [2.45, 2.75) is 44.1 Å². The number of carbonyl (C=O) groups excluding carboxylic acids is 1. The molecule has 4 rings (SSSR count). The number of carbonyl (C=O) groups is 1. The minimum atomic E-state index is -0.0779. The van der Waals surface area contributed by atoms with E-state index < -0.39 is 0 Å². The molecule has 1 amide bonds. The number of thiophene rings is 1. The Hall–Kier alpha value is -2.16. The third kappa shape index (κ3) is 5.26. The van der Waals surface area contributed by atoms with Crippen LogP contribution >= 0.6 is 23.1 Å². The lowest BCUT2D eigenvalue weighted by atomic mass is 10.2. The van der Waals surface area contributed by atoms with Crippen LogP contribution in [0.4, 0.5) is 0 Å². The third-order valence-corrected chi connectivity index (χ3v) is 6.87. The molecule has 3 aromatic rings. The zero-order valence-corrected chi connectivity index (χ0v) is 18.0. The molecule has 8 heteroatoms. The first-order valence-electron chi connectivity index (χ1n) is 9.74. The number of ether oxygens (including phenoxy) is 1. The Labute approximate surface area is 178 Å². The van der Waals surface area contributed by atoms with E-state index in [9.17, 15) is 4.79 Å². The number of rotatable bonds is 8. The van der Waals surface area contributed by atoms with Gasteiger partial charge >= 0.3 is 0 Å². The van der Waals surface area contributed by atoms with Gasteiger partial charge in [0.15, 0.2) is 11.0 Å². The number of aromatic nitrogens is 3. The predicted octanol–water partition coefficient (Wildman–Crippen LogP) is 3.90. The lowest BCUT2D eigenvalue weighted by Crippen LogP contribution is -2.24. The molecular weight excluding hydrogens is 404 g/mol. The van der Waals surface area contributed by atoms with E-state index in [4.69, 9.17) is 4.74 Å². The highest BCUT2D eigenvalue weighted by atomic mass is 32.2. The lowest BCUT2D eigenvalue weighted by Gasteiger charge is -2.12. The van der Waals surface area contributed by atoms with Crippen molar-refractivity contribution in [2.75, 3.05) is 12.4 Å². The van der Waals surface area contributed by atoms with E-state index >= 15 is 0 Å². The Balaban J connectivity index is 1.48. The standard InChI is InChI=1S/C21H24N4O2S2/c1-15-9-10-18(29-15)20(26)22-12-19-23-24-21(28-14-17-8-5-11-27-17)25(19)13-16-6-3-2-4-7-16/h2-4,6-7,9-10,17H,5,8,11-14H2,1H3,(H,22,26)/t17-/m1/s1. The zero-order chi connectivity index (χ0) is 20.1. The van der Waals surface area contributed by atoms with Crippen molar-refractivity contribution in [3.8, 4) is 0 Å². The smallest absolute Gasteiger partial charge is 0.261 e. The Kier molecular flexibility index (Phi) is 6.63. The summed E-state index contributed by atoms with van der Waals surface area (Å²) < 4.78 is 7.83. The topological polar surface area (TPSA) is 69.0 Å². The summed E-state index contributed by atoms with van der Waals surface area (Å²) in [6, 6.07) is 14.0. The normalized spacial score (nSPS) is 16.2. The highest BCUT2D eigenvalue weighted by molar-refractivity contribution is 7.99. The first-order valence-corrected chi connectivity index (χ1v) is 11.5. The lowest BCUT2D eigenvalue weighted by molar-refractivity contribution is 0.0953. The number of benzene rings is 1. The fourth-order valence-corrected chi connectivity index (χ4v) is 5.03. The van der Waals surface area contributed by atoms with Crippen LogP contribution in [0.25, 0.3) is 0 Å². The molecule has 1 fully saturated rings. The number of thioether (sulfide) groups is 1. The molecule has 1 aliphatic heterocycles. The maximum absolute atomic E-state index is 12.4. The van der Waals surface area contributed by atoms with Gasteiger partial charge in [-0.15, -0.1) is 21.5 Å². The van der Waals surface area contributed by atoms with E-state index in [1.165, 1.54) is 16.9 Å². The van der Waals surface area contributed by atoms with E-state index in [2.05, 4.69) is 32.2 Å². The Morgan fingerprint density at radius 1 is 1.28 bits per heavy atom. The largest absolute Gasteiger partial charge is 0.377 e. The van der Waals surface area contributed by atoms with Crippen LogP contribution < -0.4 is 5.32 Å². The molecule has 0 aliphatic carbocycles. The van der Waals surface area contributed by atoms with Crippen LogP contribution in [0.5, 0.6) is 0 Å². The van der Waals surface area contributed by atoms with Crippen LogP contribution in [0.3, 0.4) is 0 Å². The Morgan fingerprint density at radius 3 is 2.86 bits per heavy atom. The molecule has 1 N–H and O–H groups in total.